The van der Waals surface area contributed by atoms with Crippen molar-refractivity contribution in [3.63, 3.8) is 0 Å². The summed E-state index contributed by atoms with van der Waals surface area (Å²) in [4.78, 5) is 28.8. The number of nitrogens with zero attached hydrogens (tertiary/aromatic N) is 2. The summed E-state index contributed by atoms with van der Waals surface area (Å²) < 4.78 is 38.5. The number of halogens is 5. The summed E-state index contributed by atoms with van der Waals surface area (Å²) in [6.45, 7) is 1.33. The van der Waals surface area contributed by atoms with Crippen LogP contribution in [0.1, 0.15) is 28.8 Å². The first-order valence-electron chi connectivity index (χ1n) is 10.2. The van der Waals surface area contributed by atoms with Crippen LogP contribution in [0.2, 0.25) is 10.0 Å². The summed E-state index contributed by atoms with van der Waals surface area (Å²) >= 11 is 13.9. The molecule has 5 nitrogen and oxygen atoms in total. The summed E-state index contributed by atoms with van der Waals surface area (Å²) in [7, 11) is 0. The average Bonchev–Trinajstić information content (AvgIpc) is 3.18. The lowest BCUT2D eigenvalue weighted by Gasteiger charge is -2.44. The second-order valence-electron chi connectivity index (χ2n) is 7.84. The van der Waals surface area contributed by atoms with E-state index in [2.05, 4.69) is 5.32 Å². The lowest BCUT2D eigenvalue weighted by atomic mass is 10.0. The van der Waals surface area contributed by atoms with Crippen molar-refractivity contribution in [2.45, 2.75) is 23.9 Å². The molecule has 0 bridgehead atoms. The number of nitrogens with one attached hydrogen (secondary N) is 1. The number of urea groups is 1. The molecular formula is C22H20Cl2F3N3O2S. The Balaban J connectivity index is 1.42. The molecule has 2 saturated heterocycles. The van der Waals surface area contributed by atoms with Gasteiger partial charge in [-0.05, 0) is 49.2 Å². The molecule has 2 fully saturated rings. The van der Waals surface area contributed by atoms with Crippen LogP contribution in [-0.2, 0) is 6.18 Å². The highest BCUT2D eigenvalue weighted by Gasteiger charge is 2.47. The van der Waals surface area contributed by atoms with Crippen molar-refractivity contribution in [2.75, 3.05) is 30.7 Å². The molecule has 0 aromatic heterocycles. The van der Waals surface area contributed by atoms with Crippen LogP contribution in [0.3, 0.4) is 0 Å². The van der Waals surface area contributed by atoms with Gasteiger partial charge in [0.25, 0.3) is 5.91 Å². The molecule has 0 aliphatic carbocycles. The third-order valence-corrected chi connectivity index (χ3v) is 8.09. The van der Waals surface area contributed by atoms with Crippen LogP contribution in [-0.4, -0.2) is 52.0 Å². The topological polar surface area (TPSA) is 52.7 Å². The molecule has 0 atom stereocenters. The number of thioether (sulfide) groups is 1. The zero-order valence-corrected chi connectivity index (χ0v) is 19.6. The SMILES string of the molecule is O=C(Nc1c(Cl)cccc1Cl)N1CCC2(CC1)SCCN2C(=O)c1ccc(C(F)(F)F)cc1. The fourth-order valence-corrected chi connectivity index (χ4v) is 6.08. The van der Waals surface area contributed by atoms with Gasteiger partial charge < -0.3 is 15.1 Å². The summed E-state index contributed by atoms with van der Waals surface area (Å²) in [6, 6.07) is 8.91. The van der Waals surface area contributed by atoms with E-state index in [9.17, 15) is 22.8 Å². The van der Waals surface area contributed by atoms with E-state index in [1.165, 1.54) is 12.1 Å². The first-order chi connectivity index (χ1) is 15.6. The molecule has 3 amide bonds. The smallest absolute Gasteiger partial charge is 0.324 e. The maximum Gasteiger partial charge on any atom is 0.416 e. The Labute approximate surface area is 203 Å². The molecule has 1 spiro atoms. The zero-order valence-electron chi connectivity index (χ0n) is 17.3. The zero-order chi connectivity index (χ0) is 23.8. The van der Waals surface area contributed by atoms with Crippen LogP contribution in [0, 0.1) is 0 Å². The van der Waals surface area contributed by atoms with Gasteiger partial charge in [-0.1, -0.05) is 29.3 Å². The summed E-state index contributed by atoms with van der Waals surface area (Å²) in [5, 5.41) is 3.42. The maximum absolute atomic E-state index is 13.1. The van der Waals surface area contributed by atoms with Crippen molar-refractivity contribution in [1.82, 2.24) is 9.80 Å². The van der Waals surface area contributed by atoms with Crippen molar-refractivity contribution >= 4 is 52.6 Å². The minimum Gasteiger partial charge on any atom is -0.324 e. The van der Waals surface area contributed by atoms with Gasteiger partial charge in [-0.25, -0.2) is 4.79 Å². The molecule has 4 rings (SSSR count). The molecule has 2 aromatic carbocycles. The van der Waals surface area contributed by atoms with E-state index < -0.39 is 16.6 Å². The molecule has 1 N–H and O–H groups in total. The van der Waals surface area contributed by atoms with Crippen LogP contribution in [0.4, 0.5) is 23.7 Å². The highest BCUT2D eigenvalue weighted by atomic mass is 35.5. The van der Waals surface area contributed by atoms with E-state index in [0.717, 1.165) is 17.9 Å². The van der Waals surface area contributed by atoms with E-state index in [0.29, 0.717) is 48.2 Å². The fourth-order valence-electron chi connectivity index (χ4n) is 4.13. The molecule has 0 saturated carbocycles. The van der Waals surface area contributed by atoms with Gasteiger partial charge in [-0.3, -0.25) is 4.79 Å². The van der Waals surface area contributed by atoms with Crippen LogP contribution >= 0.6 is 35.0 Å². The van der Waals surface area contributed by atoms with Crippen molar-refractivity contribution in [2.24, 2.45) is 0 Å². The number of para-hydroxylation sites is 1. The lowest BCUT2D eigenvalue weighted by Crippen LogP contribution is -2.54. The maximum atomic E-state index is 13.1. The van der Waals surface area contributed by atoms with Crippen molar-refractivity contribution in [3.8, 4) is 0 Å². The molecule has 2 heterocycles. The van der Waals surface area contributed by atoms with Crippen LogP contribution in [0.25, 0.3) is 0 Å². The number of amides is 3. The van der Waals surface area contributed by atoms with E-state index in [1.807, 2.05) is 0 Å². The van der Waals surface area contributed by atoms with Crippen LogP contribution in [0.5, 0.6) is 0 Å². The number of hydrogen-bond donors (Lipinski definition) is 1. The van der Waals surface area contributed by atoms with Gasteiger partial charge in [0, 0.05) is 31.0 Å². The fraction of sp³-hybridized carbons (Fsp3) is 0.364. The van der Waals surface area contributed by atoms with Crippen LogP contribution in [0.15, 0.2) is 42.5 Å². The number of rotatable bonds is 2. The molecule has 0 unspecified atom stereocenters. The Morgan fingerprint density at radius 2 is 1.58 bits per heavy atom. The highest BCUT2D eigenvalue weighted by molar-refractivity contribution is 8.00. The third kappa shape index (κ3) is 4.90. The Kier molecular flexibility index (Phi) is 6.75. The number of likely N-dealkylation sites (tertiary alicyclic amines) is 1. The third-order valence-electron chi connectivity index (χ3n) is 5.91. The molecular weight excluding hydrogens is 498 g/mol. The first kappa shape index (κ1) is 24.0. The Hall–Kier alpha value is -2.10. The number of hydrogen-bond acceptors (Lipinski definition) is 3. The number of anilines is 1. The van der Waals surface area contributed by atoms with Gasteiger partial charge in [0.15, 0.2) is 0 Å². The summed E-state index contributed by atoms with van der Waals surface area (Å²) in [6.07, 6.45) is -3.35. The molecule has 176 valence electrons. The molecule has 2 aliphatic rings. The standard InChI is InChI=1S/C22H20Cl2F3N3O2S/c23-16-2-1-3-17(24)18(16)28-20(32)29-10-8-21(9-11-29)30(12-13-33-21)19(31)14-4-6-15(7-5-14)22(25,26)27/h1-7H,8-13H2,(H,28,32). The number of benzene rings is 2. The number of piperidine rings is 1. The second kappa shape index (κ2) is 9.27. The van der Waals surface area contributed by atoms with Crippen molar-refractivity contribution in [3.05, 3.63) is 63.6 Å². The van der Waals surface area contributed by atoms with Gasteiger partial charge in [0.1, 0.15) is 0 Å². The van der Waals surface area contributed by atoms with Crippen molar-refractivity contribution in [1.29, 1.82) is 0 Å². The van der Waals surface area contributed by atoms with E-state index in [4.69, 9.17) is 23.2 Å². The Morgan fingerprint density at radius 1 is 0.970 bits per heavy atom. The predicted molar refractivity (Wildman–Crippen MR) is 124 cm³/mol. The normalized spacial score (nSPS) is 18.0. The van der Waals surface area contributed by atoms with Gasteiger partial charge in [-0.15, -0.1) is 11.8 Å². The number of carbonyl (C=O) groups excluding carboxylic acids is 2. The van der Waals surface area contributed by atoms with Gasteiger partial charge in [0.2, 0.25) is 0 Å². The molecule has 2 aromatic rings. The molecule has 2 aliphatic heterocycles. The largest absolute Gasteiger partial charge is 0.416 e. The molecule has 11 heteroatoms. The number of carbonyl (C=O) groups is 2. The second-order valence-corrected chi connectivity index (χ2v) is 10.1. The number of alkyl halides is 3. The predicted octanol–water partition coefficient (Wildman–Crippen LogP) is 6.23. The highest BCUT2D eigenvalue weighted by Crippen LogP contribution is 2.45. The van der Waals surface area contributed by atoms with Gasteiger partial charge in [-0.2, -0.15) is 13.2 Å². The lowest BCUT2D eigenvalue weighted by molar-refractivity contribution is -0.137. The summed E-state index contributed by atoms with van der Waals surface area (Å²) in [5.41, 5.74) is -0.221. The van der Waals surface area contributed by atoms with Crippen LogP contribution < -0.4 is 5.32 Å². The average molecular weight is 518 g/mol. The quantitative estimate of drug-likeness (QED) is 0.513. The van der Waals surface area contributed by atoms with Gasteiger partial charge >= 0.3 is 12.2 Å². The summed E-state index contributed by atoms with van der Waals surface area (Å²) in [5.74, 6) is 0.433. The Bertz CT molecular complexity index is 1040. The van der Waals surface area contributed by atoms with E-state index >= 15 is 0 Å². The van der Waals surface area contributed by atoms with Gasteiger partial charge in [0.05, 0.1) is 26.2 Å². The first-order valence-corrected chi connectivity index (χ1v) is 12.0. The minimum absolute atomic E-state index is 0.221. The molecule has 33 heavy (non-hydrogen) atoms. The monoisotopic (exact) mass is 517 g/mol. The minimum atomic E-state index is -4.45. The van der Waals surface area contributed by atoms with E-state index in [-0.39, 0.29) is 17.5 Å². The molecule has 0 radical (unpaired) electrons. The van der Waals surface area contributed by atoms with E-state index in [1.54, 1.807) is 39.8 Å². The Morgan fingerprint density at radius 3 is 2.15 bits per heavy atom. The van der Waals surface area contributed by atoms with Crippen molar-refractivity contribution < 1.29 is 22.8 Å².